The van der Waals surface area contributed by atoms with Crippen LogP contribution < -0.4 is 5.43 Å². The van der Waals surface area contributed by atoms with E-state index < -0.39 is 0 Å². The van der Waals surface area contributed by atoms with Crippen molar-refractivity contribution in [2.24, 2.45) is 15.7 Å². The van der Waals surface area contributed by atoms with Crippen LogP contribution in [-0.2, 0) is 4.79 Å². The number of Topliss-reactive ketones (excluding diaryl/α,β-unsaturated/α-hetero) is 1. The smallest absolute Gasteiger partial charge is 0.185 e. The van der Waals surface area contributed by atoms with Crippen molar-refractivity contribution < 1.29 is 14.4 Å². The van der Waals surface area contributed by atoms with Crippen LogP contribution in [0.2, 0.25) is 0 Å². The number of rotatable bonds is 2. The lowest BCUT2D eigenvalue weighted by Gasteiger charge is -2.29. The van der Waals surface area contributed by atoms with Crippen LogP contribution in [0.25, 0.3) is 0 Å². The predicted molar refractivity (Wildman–Crippen MR) is 74.7 cm³/mol. The minimum atomic E-state index is -0.351. The third-order valence-corrected chi connectivity index (χ3v) is 3.08. The maximum atomic E-state index is 12.8. The summed E-state index contributed by atoms with van der Waals surface area (Å²) in [5, 5.41) is 16.2. The molecule has 1 aromatic carbocycles. The molecule has 1 saturated carbocycles. The predicted octanol–water partition coefficient (Wildman–Crippen LogP) is 2.81. The number of hydrogen-bond acceptors (Lipinski definition) is 5. The van der Waals surface area contributed by atoms with E-state index in [4.69, 9.17) is 5.21 Å². The number of oxime groups is 1. The van der Waals surface area contributed by atoms with Gasteiger partial charge in [0.15, 0.2) is 11.5 Å². The Morgan fingerprint density at radius 2 is 1.90 bits per heavy atom. The molecule has 0 bridgehead atoms. The van der Waals surface area contributed by atoms with Crippen molar-refractivity contribution in [3.05, 3.63) is 30.1 Å². The fraction of sp³-hybridized carbons (Fsp3) is 0.357. The molecule has 1 fully saturated rings. The van der Waals surface area contributed by atoms with E-state index in [0.29, 0.717) is 18.5 Å². The lowest BCUT2D eigenvalue weighted by Crippen LogP contribution is -2.38. The third-order valence-electron chi connectivity index (χ3n) is 3.08. The second-order valence-corrected chi connectivity index (χ2v) is 5.57. The van der Waals surface area contributed by atoms with Gasteiger partial charge in [-0.05, 0) is 29.7 Å². The zero-order valence-corrected chi connectivity index (χ0v) is 11.4. The second-order valence-electron chi connectivity index (χ2n) is 5.57. The Bertz CT molecular complexity index is 577. The van der Waals surface area contributed by atoms with Gasteiger partial charge in [0.1, 0.15) is 11.5 Å². The maximum absolute atomic E-state index is 12.8. The molecule has 2 N–H and O–H groups in total. The van der Waals surface area contributed by atoms with Crippen LogP contribution in [0.1, 0.15) is 26.7 Å². The standard InChI is InChI=1S/C14H16FN3O2/c1-14(2)7-11(18-20)13(12(19)8-14)17-16-10-5-3-9(15)4-6-10/h3-6,16,20H,7-8H2,1-2H3/b17-13+,18-11-. The van der Waals surface area contributed by atoms with Crippen LogP contribution in [0.5, 0.6) is 0 Å². The number of nitrogens with zero attached hydrogens (tertiary/aromatic N) is 2. The van der Waals surface area contributed by atoms with Gasteiger partial charge in [-0.25, -0.2) is 4.39 Å². The van der Waals surface area contributed by atoms with E-state index in [-0.39, 0.29) is 28.4 Å². The molecule has 1 aliphatic carbocycles. The van der Waals surface area contributed by atoms with Crippen molar-refractivity contribution >= 4 is 22.9 Å². The highest BCUT2D eigenvalue weighted by molar-refractivity contribution is 6.68. The van der Waals surface area contributed by atoms with Gasteiger partial charge in [0.25, 0.3) is 0 Å². The van der Waals surface area contributed by atoms with E-state index >= 15 is 0 Å². The highest BCUT2D eigenvalue weighted by atomic mass is 19.1. The van der Waals surface area contributed by atoms with Crippen molar-refractivity contribution in [2.75, 3.05) is 5.43 Å². The minimum absolute atomic E-state index is 0.121. The Balaban J connectivity index is 2.20. The number of carbonyl (C=O) groups is 1. The largest absolute Gasteiger partial charge is 0.411 e. The lowest BCUT2D eigenvalue weighted by atomic mass is 9.75. The number of nitrogens with one attached hydrogen (secondary N) is 1. The van der Waals surface area contributed by atoms with E-state index in [1.165, 1.54) is 24.3 Å². The van der Waals surface area contributed by atoms with Gasteiger partial charge in [-0.15, -0.1) is 0 Å². The normalized spacial score (nSPS) is 22.2. The molecule has 0 amide bonds. The van der Waals surface area contributed by atoms with Gasteiger partial charge < -0.3 is 5.21 Å². The lowest BCUT2D eigenvalue weighted by molar-refractivity contribution is -0.114. The Kier molecular flexibility index (Phi) is 3.83. The number of halogens is 1. The van der Waals surface area contributed by atoms with Gasteiger partial charge in [0.05, 0.1) is 5.69 Å². The molecule has 6 heteroatoms. The molecular formula is C14H16FN3O2. The SMILES string of the molecule is CC1(C)CC(=O)C(=N/Nc2ccc(F)cc2)/C(=N\O)C1. The Morgan fingerprint density at radius 3 is 2.50 bits per heavy atom. The Labute approximate surface area is 116 Å². The molecule has 106 valence electrons. The molecule has 0 aromatic heterocycles. The molecule has 0 aliphatic heterocycles. The van der Waals surface area contributed by atoms with Gasteiger partial charge in [0, 0.05) is 12.8 Å². The minimum Gasteiger partial charge on any atom is -0.411 e. The van der Waals surface area contributed by atoms with Crippen molar-refractivity contribution in [1.29, 1.82) is 0 Å². The van der Waals surface area contributed by atoms with Gasteiger partial charge in [-0.1, -0.05) is 19.0 Å². The molecule has 0 heterocycles. The molecule has 0 saturated heterocycles. The number of hydrogen-bond donors (Lipinski definition) is 2. The average molecular weight is 277 g/mol. The summed E-state index contributed by atoms with van der Waals surface area (Å²) in [5.41, 5.74) is 3.37. The molecule has 5 nitrogen and oxygen atoms in total. The van der Waals surface area contributed by atoms with Crippen LogP contribution in [0, 0.1) is 11.2 Å². The van der Waals surface area contributed by atoms with Gasteiger partial charge in [0.2, 0.25) is 0 Å². The zero-order chi connectivity index (χ0) is 14.8. The fourth-order valence-electron chi connectivity index (χ4n) is 2.13. The second kappa shape index (κ2) is 5.40. The first-order chi connectivity index (χ1) is 9.41. The van der Waals surface area contributed by atoms with E-state index in [2.05, 4.69) is 15.7 Å². The first kappa shape index (κ1) is 14.2. The van der Waals surface area contributed by atoms with Crippen LogP contribution >= 0.6 is 0 Å². The summed E-state index contributed by atoms with van der Waals surface area (Å²) in [7, 11) is 0. The quantitative estimate of drug-likeness (QED) is 0.644. The fourth-order valence-corrected chi connectivity index (χ4v) is 2.13. The number of carbonyl (C=O) groups excluding carboxylic acids is 1. The van der Waals surface area contributed by atoms with E-state index in [9.17, 15) is 9.18 Å². The van der Waals surface area contributed by atoms with Crippen LogP contribution in [0.4, 0.5) is 10.1 Å². The topological polar surface area (TPSA) is 74.0 Å². The van der Waals surface area contributed by atoms with Crippen molar-refractivity contribution in [3.8, 4) is 0 Å². The molecule has 1 aliphatic rings. The summed E-state index contributed by atoms with van der Waals surface area (Å²) >= 11 is 0. The van der Waals surface area contributed by atoms with Gasteiger partial charge in [-0.2, -0.15) is 5.10 Å². The summed E-state index contributed by atoms with van der Waals surface area (Å²) in [6.45, 7) is 3.86. The Morgan fingerprint density at radius 1 is 1.25 bits per heavy atom. The maximum Gasteiger partial charge on any atom is 0.185 e. The summed E-state index contributed by atoms with van der Waals surface area (Å²) < 4.78 is 12.8. The average Bonchev–Trinajstić information content (AvgIpc) is 2.38. The third kappa shape index (κ3) is 3.20. The van der Waals surface area contributed by atoms with E-state index in [1.54, 1.807) is 0 Å². The molecule has 0 radical (unpaired) electrons. The molecule has 0 atom stereocenters. The first-order valence-electron chi connectivity index (χ1n) is 6.25. The molecule has 1 aromatic rings. The number of anilines is 1. The molecular weight excluding hydrogens is 261 g/mol. The number of benzene rings is 1. The molecule has 0 spiro atoms. The van der Waals surface area contributed by atoms with Crippen molar-refractivity contribution in [1.82, 2.24) is 0 Å². The molecule has 0 unspecified atom stereocenters. The highest BCUT2D eigenvalue weighted by Gasteiger charge is 2.36. The summed E-state index contributed by atoms with van der Waals surface area (Å²) in [6, 6.07) is 5.59. The monoisotopic (exact) mass is 277 g/mol. The highest BCUT2D eigenvalue weighted by Crippen LogP contribution is 2.31. The van der Waals surface area contributed by atoms with Gasteiger partial charge in [-0.3, -0.25) is 10.2 Å². The summed E-state index contributed by atoms with van der Waals surface area (Å²) in [4.78, 5) is 12.0. The Hall–Kier alpha value is -2.24. The summed E-state index contributed by atoms with van der Waals surface area (Å²) in [5.74, 6) is -0.528. The van der Waals surface area contributed by atoms with Crippen LogP contribution in [0.3, 0.4) is 0 Å². The van der Waals surface area contributed by atoms with Crippen LogP contribution in [-0.4, -0.2) is 22.4 Å². The number of hydrazone groups is 1. The van der Waals surface area contributed by atoms with E-state index in [1.807, 2.05) is 13.8 Å². The first-order valence-corrected chi connectivity index (χ1v) is 6.25. The molecule has 2 rings (SSSR count). The zero-order valence-electron chi connectivity index (χ0n) is 11.4. The summed E-state index contributed by atoms with van der Waals surface area (Å²) in [6.07, 6.45) is 0.815. The molecule has 20 heavy (non-hydrogen) atoms. The van der Waals surface area contributed by atoms with Gasteiger partial charge >= 0.3 is 0 Å². The van der Waals surface area contributed by atoms with E-state index in [0.717, 1.165) is 0 Å². The van der Waals surface area contributed by atoms with Crippen LogP contribution in [0.15, 0.2) is 34.5 Å². The van der Waals surface area contributed by atoms with Crippen molar-refractivity contribution in [2.45, 2.75) is 26.7 Å². The number of ketones is 1. The van der Waals surface area contributed by atoms with Crippen molar-refractivity contribution in [3.63, 3.8) is 0 Å².